The van der Waals surface area contributed by atoms with Crippen LogP contribution < -0.4 is 10.6 Å². The van der Waals surface area contributed by atoms with Crippen molar-refractivity contribution in [3.63, 3.8) is 0 Å². The van der Waals surface area contributed by atoms with Crippen LogP contribution in [0.5, 0.6) is 0 Å². The second kappa shape index (κ2) is 7.14. The van der Waals surface area contributed by atoms with Gasteiger partial charge >= 0.3 is 0 Å². The van der Waals surface area contributed by atoms with Crippen molar-refractivity contribution in [1.29, 1.82) is 0 Å². The number of hydrogen-bond donors (Lipinski definition) is 2. The smallest absolute Gasteiger partial charge is 0.243 e. The van der Waals surface area contributed by atoms with Gasteiger partial charge in [-0.3, -0.25) is 9.59 Å². The van der Waals surface area contributed by atoms with Crippen molar-refractivity contribution >= 4 is 23.6 Å². The predicted molar refractivity (Wildman–Crippen MR) is 76.9 cm³/mol. The lowest BCUT2D eigenvalue weighted by molar-refractivity contribution is -0.138. The van der Waals surface area contributed by atoms with E-state index in [1.165, 1.54) is 0 Å². The molecule has 0 radical (unpaired) electrons. The van der Waals surface area contributed by atoms with E-state index in [2.05, 4.69) is 17.6 Å². The van der Waals surface area contributed by atoms with E-state index in [1.54, 1.807) is 16.7 Å². The van der Waals surface area contributed by atoms with E-state index >= 15 is 0 Å². The Bertz CT molecular complexity index is 332. The number of carbonyl (C=O) groups is 2. The standard InChI is InChI=1S/C13H23N3O2S/c1-2-3-4-12(17)16-9-19-8-11(16)13(18)15-10-5-6-14-7-10/h10-11,14H,2-9H2,1H3,(H,15,18). The van der Waals surface area contributed by atoms with Crippen LogP contribution in [0.3, 0.4) is 0 Å². The fraction of sp³-hybridized carbons (Fsp3) is 0.846. The number of thioether (sulfide) groups is 1. The molecule has 19 heavy (non-hydrogen) atoms. The molecule has 2 rings (SSSR count). The van der Waals surface area contributed by atoms with Crippen molar-refractivity contribution in [2.45, 2.75) is 44.7 Å². The Hall–Kier alpha value is -0.750. The number of hydrogen-bond acceptors (Lipinski definition) is 4. The minimum absolute atomic E-state index is 0.0172. The van der Waals surface area contributed by atoms with Crippen LogP contribution in [0.1, 0.15) is 32.6 Å². The first-order valence-corrected chi connectivity index (χ1v) is 8.26. The summed E-state index contributed by atoms with van der Waals surface area (Å²) < 4.78 is 0. The minimum atomic E-state index is -0.269. The fourth-order valence-corrected chi connectivity index (χ4v) is 3.63. The van der Waals surface area contributed by atoms with Crippen LogP contribution in [0.2, 0.25) is 0 Å². The summed E-state index contributed by atoms with van der Waals surface area (Å²) in [6.45, 7) is 3.88. The molecule has 0 spiro atoms. The Morgan fingerprint density at radius 3 is 3.00 bits per heavy atom. The van der Waals surface area contributed by atoms with E-state index < -0.39 is 0 Å². The molecule has 0 saturated carbocycles. The molecule has 2 unspecified atom stereocenters. The normalized spacial score (nSPS) is 26.7. The average molecular weight is 285 g/mol. The maximum atomic E-state index is 12.2. The third kappa shape index (κ3) is 3.86. The van der Waals surface area contributed by atoms with Crippen molar-refractivity contribution in [3.05, 3.63) is 0 Å². The quantitative estimate of drug-likeness (QED) is 0.775. The molecule has 2 heterocycles. The van der Waals surface area contributed by atoms with E-state index in [4.69, 9.17) is 0 Å². The highest BCUT2D eigenvalue weighted by Crippen LogP contribution is 2.22. The lowest BCUT2D eigenvalue weighted by Crippen LogP contribution is -2.50. The van der Waals surface area contributed by atoms with Crippen LogP contribution in [0.4, 0.5) is 0 Å². The average Bonchev–Trinajstić information content (AvgIpc) is 3.05. The molecule has 0 aliphatic carbocycles. The number of nitrogens with zero attached hydrogens (tertiary/aromatic N) is 1. The van der Waals surface area contributed by atoms with Crippen molar-refractivity contribution in [3.8, 4) is 0 Å². The molecular formula is C13H23N3O2S. The number of carbonyl (C=O) groups excluding carboxylic acids is 2. The van der Waals surface area contributed by atoms with Gasteiger partial charge in [0.05, 0.1) is 5.88 Å². The van der Waals surface area contributed by atoms with E-state index in [0.717, 1.165) is 38.1 Å². The van der Waals surface area contributed by atoms with Crippen LogP contribution in [-0.2, 0) is 9.59 Å². The molecule has 0 aromatic rings. The number of unbranched alkanes of at least 4 members (excludes halogenated alkanes) is 1. The Kier molecular flexibility index (Phi) is 5.51. The number of amides is 2. The van der Waals surface area contributed by atoms with E-state index in [-0.39, 0.29) is 23.9 Å². The van der Waals surface area contributed by atoms with Crippen LogP contribution in [0.25, 0.3) is 0 Å². The van der Waals surface area contributed by atoms with Crippen molar-refractivity contribution in [2.24, 2.45) is 0 Å². The summed E-state index contributed by atoms with van der Waals surface area (Å²) >= 11 is 1.67. The van der Waals surface area contributed by atoms with Crippen molar-refractivity contribution in [1.82, 2.24) is 15.5 Å². The highest BCUT2D eigenvalue weighted by atomic mass is 32.2. The summed E-state index contributed by atoms with van der Waals surface area (Å²) in [6, 6.07) is -0.0411. The zero-order chi connectivity index (χ0) is 13.7. The van der Waals surface area contributed by atoms with Gasteiger partial charge in [0.2, 0.25) is 11.8 Å². The third-order valence-electron chi connectivity index (χ3n) is 3.66. The molecule has 2 N–H and O–H groups in total. The first kappa shape index (κ1) is 14.7. The van der Waals surface area contributed by atoms with E-state index in [0.29, 0.717) is 12.3 Å². The SMILES string of the molecule is CCCCC(=O)N1CSCC1C(=O)NC1CCNC1. The Labute approximate surface area is 118 Å². The summed E-state index contributed by atoms with van der Waals surface area (Å²) in [4.78, 5) is 26.1. The van der Waals surface area contributed by atoms with Crippen molar-refractivity contribution in [2.75, 3.05) is 24.7 Å². The highest BCUT2D eigenvalue weighted by Gasteiger charge is 2.35. The minimum Gasteiger partial charge on any atom is -0.350 e. The lowest BCUT2D eigenvalue weighted by Gasteiger charge is -2.24. The number of nitrogens with one attached hydrogen (secondary N) is 2. The van der Waals surface area contributed by atoms with Gasteiger partial charge in [-0.05, 0) is 19.4 Å². The molecule has 5 nitrogen and oxygen atoms in total. The molecule has 0 bridgehead atoms. The van der Waals surface area contributed by atoms with Crippen LogP contribution in [0.15, 0.2) is 0 Å². The predicted octanol–water partition coefficient (Wildman–Crippen LogP) is 0.556. The van der Waals surface area contributed by atoms with E-state index in [1.807, 2.05) is 0 Å². The zero-order valence-corrected chi connectivity index (χ0v) is 12.3. The Morgan fingerprint density at radius 1 is 1.47 bits per heavy atom. The molecule has 2 aliphatic rings. The summed E-state index contributed by atoms with van der Waals surface area (Å²) in [6.07, 6.45) is 3.46. The largest absolute Gasteiger partial charge is 0.350 e. The Morgan fingerprint density at radius 2 is 2.32 bits per heavy atom. The molecule has 0 aromatic carbocycles. The maximum absolute atomic E-state index is 12.2. The van der Waals surface area contributed by atoms with Gasteiger partial charge in [-0.2, -0.15) is 0 Å². The molecule has 0 aromatic heterocycles. The second-order valence-electron chi connectivity index (χ2n) is 5.18. The van der Waals surface area contributed by atoms with Gasteiger partial charge in [0.1, 0.15) is 6.04 Å². The first-order valence-electron chi connectivity index (χ1n) is 7.10. The third-order valence-corrected chi connectivity index (χ3v) is 4.67. The van der Waals surface area contributed by atoms with E-state index in [9.17, 15) is 9.59 Å². The van der Waals surface area contributed by atoms with Crippen LogP contribution in [0, 0.1) is 0 Å². The van der Waals surface area contributed by atoms with Crippen molar-refractivity contribution < 1.29 is 9.59 Å². The lowest BCUT2D eigenvalue weighted by atomic mass is 10.2. The molecule has 2 fully saturated rings. The van der Waals surface area contributed by atoms with Crippen LogP contribution >= 0.6 is 11.8 Å². The molecule has 2 atom stereocenters. The van der Waals surface area contributed by atoms with Crippen LogP contribution in [-0.4, -0.2) is 53.5 Å². The summed E-state index contributed by atoms with van der Waals surface area (Å²) in [5.41, 5.74) is 0. The zero-order valence-electron chi connectivity index (χ0n) is 11.5. The van der Waals surface area contributed by atoms with Gasteiger partial charge in [0.15, 0.2) is 0 Å². The van der Waals surface area contributed by atoms with Gasteiger partial charge in [-0.1, -0.05) is 13.3 Å². The fourth-order valence-electron chi connectivity index (χ4n) is 2.45. The number of rotatable bonds is 5. The molecule has 2 amide bonds. The molecule has 108 valence electrons. The molecule has 6 heteroatoms. The van der Waals surface area contributed by atoms with Gasteiger partial charge < -0.3 is 15.5 Å². The summed E-state index contributed by atoms with van der Waals surface area (Å²) in [5, 5.41) is 6.28. The Balaban J connectivity index is 1.86. The molecule has 2 saturated heterocycles. The van der Waals surface area contributed by atoms with Gasteiger partial charge in [0.25, 0.3) is 0 Å². The van der Waals surface area contributed by atoms with Gasteiger partial charge in [0, 0.05) is 24.8 Å². The van der Waals surface area contributed by atoms with Gasteiger partial charge in [-0.25, -0.2) is 0 Å². The summed E-state index contributed by atoms with van der Waals surface area (Å²) in [5.74, 6) is 1.52. The molecular weight excluding hydrogens is 262 g/mol. The maximum Gasteiger partial charge on any atom is 0.243 e. The molecule has 2 aliphatic heterocycles. The summed E-state index contributed by atoms with van der Waals surface area (Å²) in [7, 11) is 0. The monoisotopic (exact) mass is 285 g/mol. The first-order chi connectivity index (χ1) is 9.22. The topological polar surface area (TPSA) is 61.4 Å². The second-order valence-corrected chi connectivity index (χ2v) is 6.18. The van der Waals surface area contributed by atoms with Gasteiger partial charge in [-0.15, -0.1) is 11.8 Å². The highest BCUT2D eigenvalue weighted by molar-refractivity contribution is 7.99.